The second-order valence-electron chi connectivity index (χ2n) is 11.9. The molecule has 4 aliphatic rings. The average Bonchev–Trinajstić information content (AvgIpc) is 3.35. The summed E-state index contributed by atoms with van der Waals surface area (Å²) >= 11 is 0. The van der Waals surface area contributed by atoms with Crippen molar-refractivity contribution in [1.82, 2.24) is 5.43 Å². The molecule has 0 unspecified atom stereocenters. The third-order valence-corrected chi connectivity index (χ3v) is 9.67. The van der Waals surface area contributed by atoms with Crippen molar-refractivity contribution in [2.75, 3.05) is 12.0 Å². The number of methoxy groups -OCH3 is 1. The molecule has 3 amide bonds. The molecular formula is C38H29N3O4. The van der Waals surface area contributed by atoms with Gasteiger partial charge in [0.25, 0.3) is 0 Å². The molecule has 9 rings (SSSR count). The maximum Gasteiger partial charge on any atom is 0.244 e. The van der Waals surface area contributed by atoms with Crippen LogP contribution in [0.2, 0.25) is 0 Å². The second-order valence-corrected chi connectivity index (χ2v) is 11.9. The highest BCUT2D eigenvalue weighted by Gasteiger charge is 2.68. The molecule has 1 fully saturated rings. The lowest BCUT2D eigenvalue weighted by molar-refractivity contribution is -0.123. The SMILES string of the molecule is COc1ccc(CC(=O)N/N=C\C23c4ccccc4C(c4ccccc42)[C@H]2C(=O)N(c4cccc5ccccc45)C(=O)[C@H]23)cc1. The Morgan fingerprint density at radius 3 is 2.18 bits per heavy atom. The van der Waals surface area contributed by atoms with E-state index in [9.17, 15) is 14.4 Å². The lowest BCUT2D eigenvalue weighted by Crippen LogP contribution is -2.54. The Kier molecular flexibility index (Phi) is 6.17. The summed E-state index contributed by atoms with van der Waals surface area (Å²) < 4.78 is 5.22. The number of ether oxygens (including phenoxy) is 1. The summed E-state index contributed by atoms with van der Waals surface area (Å²) in [5.41, 5.74) is 6.94. The monoisotopic (exact) mass is 591 g/mol. The first-order valence-corrected chi connectivity index (χ1v) is 15.0. The van der Waals surface area contributed by atoms with Crippen LogP contribution in [0.3, 0.4) is 0 Å². The summed E-state index contributed by atoms with van der Waals surface area (Å²) in [6.07, 6.45) is 1.82. The number of amides is 3. The largest absolute Gasteiger partial charge is 0.497 e. The average molecular weight is 592 g/mol. The van der Waals surface area contributed by atoms with Gasteiger partial charge in [0.05, 0.1) is 36.5 Å². The van der Waals surface area contributed by atoms with Crippen LogP contribution in [0.4, 0.5) is 5.69 Å². The van der Waals surface area contributed by atoms with Crippen molar-refractivity contribution in [3.63, 3.8) is 0 Å². The lowest BCUT2D eigenvalue weighted by Gasteiger charge is -2.52. The van der Waals surface area contributed by atoms with Gasteiger partial charge in [-0.05, 0) is 51.4 Å². The number of hydrogen-bond donors (Lipinski definition) is 1. The van der Waals surface area contributed by atoms with E-state index in [1.807, 2.05) is 103 Å². The number of fused-ring (bicyclic) bond motifs is 1. The Morgan fingerprint density at radius 2 is 1.47 bits per heavy atom. The summed E-state index contributed by atoms with van der Waals surface area (Å²) in [6, 6.07) is 36.8. The number of nitrogens with one attached hydrogen (secondary N) is 1. The number of carbonyl (C=O) groups excluding carboxylic acids is 3. The van der Waals surface area contributed by atoms with E-state index in [2.05, 4.69) is 22.7 Å². The highest BCUT2D eigenvalue weighted by molar-refractivity contribution is 6.27. The lowest BCUT2D eigenvalue weighted by atomic mass is 9.47. The summed E-state index contributed by atoms with van der Waals surface area (Å²) in [5.74, 6) is -1.68. The van der Waals surface area contributed by atoms with Gasteiger partial charge in [-0.25, -0.2) is 10.3 Å². The fraction of sp³-hybridized carbons (Fsp3) is 0.158. The van der Waals surface area contributed by atoms with E-state index in [4.69, 9.17) is 4.74 Å². The number of hydrogen-bond acceptors (Lipinski definition) is 5. The van der Waals surface area contributed by atoms with Crippen LogP contribution >= 0.6 is 0 Å². The molecular weight excluding hydrogens is 562 g/mol. The van der Waals surface area contributed by atoms with Gasteiger partial charge >= 0.3 is 0 Å². The van der Waals surface area contributed by atoms with Gasteiger partial charge in [-0.1, -0.05) is 97.1 Å². The molecule has 0 radical (unpaired) electrons. The molecule has 1 aliphatic heterocycles. The fourth-order valence-electron chi connectivity index (χ4n) is 7.86. The quantitative estimate of drug-likeness (QED) is 0.155. The van der Waals surface area contributed by atoms with Gasteiger partial charge in [-0.2, -0.15) is 5.10 Å². The Hall–Kier alpha value is -5.56. The van der Waals surface area contributed by atoms with E-state index in [1.54, 1.807) is 13.3 Å². The van der Waals surface area contributed by atoms with Crippen LogP contribution in [-0.2, 0) is 26.2 Å². The highest BCUT2D eigenvalue weighted by Crippen LogP contribution is 2.63. The number of benzene rings is 5. The van der Waals surface area contributed by atoms with Crippen molar-refractivity contribution in [2.45, 2.75) is 17.8 Å². The first-order chi connectivity index (χ1) is 22.0. The second kappa shape index (κ2) is 10.3. The molecule has 3 aliphatic carbocycles. The molecule has 7 nitrogen and oxygen atoms in total. The summed E-state index contributed by atoms with van der Waals surface area (Å²) in [5, 5.41) is 6.32. The molecule has 7 heteroatoms. The van der Waals surface area contributed by atoms with Crippen LogP contribution < -0.4 is 15.1 Å². The third kappa shape index (κ3) is 3.90. The van der Waals surface area contributed by atoms with Crippen LogP contribution in [-0.4, -0.2) is 31.0 Å². The van der Waals surface area contributed by atoms with Crippen LogP contribution in [0.1, 0.15) is 33.7 Å². The zero-order valence-corrected chi connectivity index (χ0v) is 24.5. The summed E-state index contributed by atoms with van der Waals surface area (Å²) in [7, 11) is 1.60. The standard InChI is InChI=1S/C38H29N3O4/c1-45-25-19-17-23(18-20-25)21-32(42)40-39-22-38-29-14-6-4-12-27(29)33(28-13-5-7-15-30(28)38)34-35(38)37(44)41(36(34)43)31-16-8-10-24-9-2-3-11-26(24)31/h2-20,22,33-35H,21H2,1H3,(H,40,42)/b39-22-/t33?,34-,35+,38?/m1/s1. The molecule has 220 valence electrons. The maximum absolute atomic E-state index is 14.7. The number of hydrazone groups is 1. The van der Waals surface area contributed by atoms with Gasteiger partial charge in [-0.3, -0.25) is 14.4 Å². The Balaban J connectivity index is 1.24. The van der Waals surface area contributed by atoms with Crippen molar-refractivity contribution in [3.05, 3.63) is 143 Å². The highest BCUT2D eigenvalue weighted by atomic mass is 16.5. The molecule has 2 bridgehead atoms. The van der Waals surface area contributed by atoms with E-state index in [0.29, 0.717) is 11.4 Å². The summed E-state index contributed by atoms with van der Waals surface area (Å²) in [6.45, 7) is 0. The van der Waals surface area contributed by atoms with E-state index < -0.39 is 17.3 Å². The van der Waals surface area contributed by atoms with Crippen LogP contribution in [0.5, 0.6) is 5.75 Å². The molecule has 5 aromatic rings. The van der Waals surface area contributed by atoms with E-state index in [-0.39, 0.29) is 30.1 Å². The summed E-state index contributed by atoms with van der Waals surface area (Å²) in [4.78, 5) is 43.7. The van der Waals surface area contributed by atoms with Gasteiger partial charge in [-0.15, -0.1) is 0 Å². The van der Waals surface area contributed by atoms with Crippen molar-refractivity contribution in [2.24, 2.45) is 16.9 Å². The van der Waals surface area contributed by atoms with Gasteiger partial charge in [0.2, 0.25) is 17.7 Å². The minimum absolute atomic E-state index is 0.127. The fourth-order valence-corrected chi connectivity index (χ4v) is 7.86. The van der Waals surface area contributed by atoms with Crippen LogP contribution in [0.15, 0.2) is 120 Å². The minimum Gasteiger partial charge on any atom is -0.497 e. The number of nitrogens with zero attached hydrogens (tertiary/aromatic N) is 2. The van der Waals surface area contributed by atoms with Crippen LogP contribution in [0, 0.1) is 11.8 Å². The van der Waals surface area contributed by atoms with Gasteiger partial charge in [0, 0.05) is 17.5 Å². The first kappa shape index (κ1) is 27.0. The van der Waals surface area contributed by atoms with Crippen LogP contribution in [0.25, 0.3) is 10.8 Å². The normalized spacial score (nSPS) is 22.8. The predicted molar refractivity (Wildman–Crippen MR) is 172 cm³/mol. The third-order valence-electron chi connectivity index (χ3n) is 9.67. The minimum atomic E-state index is -1.06. The Morgan fingerprint density at radius 1 is 0.822 bits per heavy atom. The number of imide groups is 1. The molecule has 0 saturated carbocycles. The van der Waals surface area contributed by atoms with Gasteiger partial charge < -0.3 is 4.74 Å². The van der Waals surface area contributed by atoms with Crippen molar-refractivity contribution in [1.29, 1.82) is 0 Å². The molecule has 0 spiro atoms. The molecule has 1 saturated heterocycles. The maximum atomic E-state index is 14.7. The molecule has 0 aromatic heterocycles. The topological polar surface area (TPSA) is 88.1 Å². The number of anilines is 1. The van der Waals surface area contributed by atoms with E-state index >= 15 is 0 Å². The Bertz CT molecular complexity index is 2000. The van der Waals surface area contributed by atoms with Crippen molar-refractivity contribution >= 4 is 40.4 Å². The molecule has 1 N–H and O–H groups in total. The molecule has 1 heterocycles. The van der Waals surface area contributed by atoms with Crippen molar-refractivity contribution in [3.8, 4) is 5.75 Å². The number of carbonyl (C=O) groups is 3. The van der Waals surface area contributed by atoms with Crippen molar-refractivity contribution < 1.29 is 19.1 Å². The first-order valence-electron chi connectivity index (χ1n) is 15.0. The molecule has 2 atom stereocenters. The smallest absolute Gasteiger partial charge is 0.244 e. The molecule has 5 aromatic carbocycles. The zero-order valence-electron chi connectivity index (χ0n) is 24.5. The predicted octanol–water partition coefficient (Wildman–Crippen LogP) is 5.74. The molecule has 45 heavy (non-hydrogen) atoms. The van der Waals surface area contributed by atoms with Gasteiger partial charge in [0.15, 0.2) is 0 Å². The number of rotatable bonds is 6. The Labute approximate surface area is 260 Å². The van der Waals surface area contributed by atoms with E-state index in [0.717, 1.165) is 38.6 Å². The van der Waals surface area contributed by atoms with E-state index in [1.165, 1.54) is 4.90 Å². The van der Waals surface area contributed by atoms with Gasteiger partial charge in [0.1, 0.15) is 5.75 Å². The zero-order chi connectivity index (χ0) is 30.7.